The van der Waals surface area contributed by atoms with Gasteiger partial charge in [-0.3, -0.25) is 29.0 Å². The third-order valence-corrected chi connectivity index (χ3v) is 6.21. The SMILES string of the molecule is O=C[C@H](CC(=O)O)NC(=O)CN1C(=O)C(NC(=O)c2ccccc2)N(C(=O)NCc2ccccc2)c2ccccc21. The van der Waals surface area contributed by atoms with Gasteiger partial charge in [0.1, 0.15) is 12.8 Å². The van der Waals surface area contributed by atoms with Crippen molar-refractivity contribution in [3.05, 3.63) is 96.1 Å². The molecule has 2 atom stereocenters. The quantitative estimate of drug-likeness (QED) is 0.275. The first-order valence-corrected chi connectivity index (χ1v) is 12.6. The Morgan fingerprint density at radius 2 is 1.49 bits per heavy atom. The highest BCUT2D eigenvalue weighted by molar-refractivity contribution is 6.15. The summed E-state index contributed by atoms with van der Waals surface area (Å²) in [6.45, 7) is -0.453. The van der Waals surface area contributed by atoms with E-state index in [9.17, 15) is 28.8 Å². The standard InChI is InChI=1S/C29H27N5O7/c35-18-21(15-25(37)38)31-24(36)17-33-22-13-7-8-14-23(22)34(29(41)30-16-19-9-3-1-4-10-19)26(28(33)40)32-27(39)20-11-5-2-6-12-20/h1-14,18,21,26H,15-17H2,(H,30,41)(H,31,36)(H,32,39)(H,37,38)/t21-,26?/m0/s1. The highest BCUT2D eigenvalue weighted by Gasteiger charge is 2.43. The van der Waals surface area contributed by atoms with Crippen LogP contribution in [0, 0.1) is 0 Å². The van der Waals surface area contributed by atoms with Gasteiger partial charge in [0.15, 0.2) is 6.17 Å². The largest absolute Gasteiger partial charge is 0.481 e. The average Bonchev–Trinajstić information content (AvgIpc) is 2.98. The van der Waals surface area contributed by atoms with Crippen LogP contribution in [-0.2, 0) is 25.7 Å². The van der Waals surface area contributed by atoms with Gasteiger partial charge in [0.05, 0.1) is 23.8 Å². The maximum Gasteiger partial charge on any atom is 0.324 e. The minimum atomic E-state index is -1.54. The Labute approximate surface area is 234 Å². The van der Waals surface area contributed by atoms with Crippen molar-refractivity contribution < 1.29 is 33.9 Å². The van der Waals surface area contributed by atoms with E-state index in [2.05, 4.69) is 16.0 Å². The first kappa shape index (κ1) is 28.5. The molecular formula is C29H27N5O7. The maximum absolute atomic E-state index is 13.9. The van der Waals surface area contributed by atoms with Crippen LogP contribution in [0.25, 0.3) is 0 Å². The number of anilines is 2. The van der Waals surface area contributed by atoms with Gasteiger partial charge in [-0.1, -0.05) is 60.7 Å². The lowest BCUT2D eigenvalue weighted by atomic mass is 10.1. The van der Waals surface area contributed by atoms with Crippen molar-refractivity contribution >= 4 is 47.4 Å². The van der Waals surface area contributed by atoms with Crippen LogP contribution >= 0.6 is 0 Å². The van der Waals surface area contributed by atoms with Crippen LogP contribution < -0.4 is 25.8 Å². The minimum Gasteiger partial charge on any atom is -0.481 e. The van der Waals surface area contributed by atoms with E-state index in [1.807, 2.05) is 30.3 Å². The smallest absolute Gasteiger partial charge is 0.324 e. The van der Waals surface area contributed by atoms with Crippen LogP contribution in [0.5, 0.6) is 0 Å². The third kappa shape index (κ3) is 6.92. The summed E-state index contributed by atoms with van der Waals surface area (Å²) in [6.07, 6.45) is -1.88. The number of aldehydes is 1. The Balaban J connectivity index is 1.66. The second kappa shape index (κ2) is 13.0. The molecule has 4 N–H and O–H groups in total. The first-order chi connectivity index (χ1) is 19.8. The zero-order valence-electron chi connectivity index (χ0n) is 21.7. The molecule has 4 rings (SSSR count). The maximum atomic E-state index is 13.9. The summed E-state index contributed by atoms with van der Waals surface area (Å²) in [5, 5.41) is 16.6. The molecule has 1 aliphatic rings. The van der Waals surface area contributed by atoms with E-state index in [-0.39, 0.29) is 23.5 Å². The molecule has 3 aromatic rings. The molecule has 0 bridgehead atoms. The highest BCUT2D eigenvalue weighted by atomic mass is 16.4. The van der Waals surface area contributed by atoms with Gasteiger partial charge in [0.2, 0.25) is 5.91 Å². The molecular weight excluding hydrogens is 530 g/mol. The zero-order chi connectivity index (χ0) is 29.4. The highest BCUT2D eigenvalue weighted by Crippen LogP contribution is 2.35. The minimum absolute atomic E-state index is 0.147. The van der Waals surface area contributed by atoms with Gasteiger partial charge in [0.25, 0.3) is 11.8 Å². The Bertz CT molecular complexity index is 1450. The number of para-hydroxylation sites is 2. The number of benzene rings is 3. The van der Waals surface area contributed by atoms with Crippen molar-refractivity contribution in [2.75, 3.05) is 16.3 Å². The van der Waals surface area contributed by atoms with E-state index >= 15 is 0 Å². The number of amides is 5. The van der Waals surface area contributed by atoms with Crippen molar-refractivity contribution in [1.82, 2.24) is 16.0 Å². The molecule has 12 nitrogen and oxygen atoms in total. The fraction of sp³-hybridized carbons (Fsp3) is 0.172. The van der Waals surface area contributed by atoms with Gasteiger partial charge in [-0.2, -0.15) is 0 Å². The third-order valence-electron chi connectivity index (χ3n) is 6.21. The second-order valence-corrected chi connectivity index (χ2v) is 9.08. The molecule has 1 unspecified atom stereocenters. The monoisotopic (exact) mass is 557 g/mol. The predicted octanol–water partition coefficient (Wildman–Crippen LogP) is 1.66. The molecule has 3 aromatic carbocycles. The van der Waals surface area contributed by atoms with E-state index in [0.29, 0.717) is 6.29 Å². The van der Waals surface area contributed by atoms with Gasteiger partial charge in [-0.15, -0.1) is 0 Å². The van der Waals surface area contributed by atoms with Gasteiger partial charge >= 0.3 is 12.0 Å². The number of carbonyl (C=O) groups excluding carboxylic acids is 5. The molecule has 0 saturated heterocycles. The van der Waals surface area contributed by atoms with E-state index in [1.165, 1.54) is 6.07 Å². The normalized spacial score (nSPS) is 14.8. The fourth-order valence-corrected chi connectivity index (χ4v) is 4.30. The molecule has 0 aromatic heterocycles. The van der Waals surface area contributed by atoms with E-state index in [1.54, 1.807) is 48.5 Å². The number of aliphatic carboxylic acids is 1. The number of hydrogen-bond donors (Lipinski definition) is 4. The van der Waals surface area contributed by atoms with Crippen LogP contribution in [0.3, 0.4) is 0 Å². The fourth-order valence-electron chi connectivity index (χ4n) is 4.30. The zero-order valence-corrected chi connectivity index (χ0v) is 21.7. The molecule has 1 heterocycles. The van der Waals surface area contributed by atoms with Crippen LogP contribution in [0.2, 0.25) is 0 Å². The van der Waals surface area contributed by atoms with Crippen LogP contribution in [0.4, 0.5) is 16.2 Å². The predicted molar refractivity (Wildman–Crippen MR) is 148 cm³/mol. The van der Waals surface area contributed by atoms with Gasteiger partial charge in [0, 0.05) is 12.1 Å². The molecule has 0 saturated carbocycles. The molecule has 41 heavy (non-hydrogen) atoms. The summed E-state index contributed by atoms with van der Waals surface area (Å²) in [6, 6.07) is 21.6. The lowest BCUT2D eigenvalue weighted by molar-refractivity contribution is -0.138. The second-order valence-electron chi connectivity index (χ2n) is 9.08. The summed E-state index contributed by atoms with van der Waals surface area (Å²) >= 11 is 0. The molecule has 5 amide bonds. The Morgan fingerprint density at radius 1 is 0.878 bits per heavy atom. The van der Waals surface area contributed by atoms with Crippen LogP contribution in [0.1, 0.15) is 22.3 Å². The number of urea groups is 1. The topological polar surface area (TPSA) is 165 Å². The number of nitrogens with zero attached hydrogens (tertiary/aromatic N) is 2. The average molecular weight is 558 g/mol. The number of carboxylic acid groups (broad SMARTS) is 1. The Kier molecular flexibility index (Phi) is 9.05. The van der Waals surface area contributed by atoms with Crippen molar-refractivity contribution in [1.29, 1.82) is 0 Å². The molecule has 210 valence electrons. The lowest BCUT2D eigenvalue weighted by Crippen LogP contribution is -2.65. The van der Waals surface area contributed by atoms with Crippen molar-refractivity contribution in [2.24, 2.45) is 0 Å². The number of nitrogens with one attached hydrogen (secondary N) is 3. The summed E-state index contributed by atoms with van der Waals surface area (Å²) in [7, 11) is 0. The molecule has 0 spiro atoms. The number of hydrogen-bond acceptors (Lipinski definition) is 6. The van der Waals surface area contributed by atoms with Crippen LogP contribution in [-0.4, -0.2) is 59.9 Å². The molecule has 0 fully saturated rings. The number of carbonyl (C=O) groups is 6. The number of carboxylic acids is 1. The summed E-state index contributed by atoms with van der Waals surface area (Å²) in [5.74, 6) is -3.51. The molecule has 0 radical (unpaired) electrons. The van der Waals surface area contributed by atoms with Crippen molar-refractivity contribution in [2.45, 2.75) is 25.2 Å². The van der Waals surface area contributed by atoms with E-state index < -0.39 is 54.9 Å². The van der Waals surface area contributed by atoms with Crippen LogP contribution in [0.15, 0.2) is 84.9 Å². The Hall–Kier alpha value is -5.52. The number of rotatable bonds is 10. The Morgan fingerprint density at radius 3 is 2.12 bits per heavy atom. The summed E-state index contributed by atoms with van der Waals surface area (Å²) in [4.78, 5) is 77.8. The summed E-state index contributed by atoms with van der Waals surface area (Å²) in [5.41, 5.74) is 1.50. The van der Waals surface area contributed by atoms with Crippen molar-refractivity contribution in [3.63, 3.8) is 0 Å². The lowest BCUT2D eigenvalue weighted by Gasteiger charge is -2.41. The summed E-state index contributed by atoms with van der Waals surface area (Å²) < 4.78 is 0. The van der Waals surface area contributed by atoms with Gasteiger partial charge in [-0.05, 0) is 29.8 Å². The van der Waals surface area contributed by atoms with E-state index in [0.717, 1.165) is 15.4 Å². The van der Waals surface area contributed by atoms with Gasteiger partial charge in [-0.25, -0.2) is 4.79 Å². The van der Waals surface area contributed by atoms with Gasteiger partial charge < -0.3 is 25.9 Å². The van der Waals surface area contributed by atoms with Crippen molar-refractivity contribution in [3.8, 4) is 0 Å². The molecule has 0 aliphatic carbocycles. The molecule has 12 heteroatoms. The molecule has 1 aliphatic heterocycles. The number of fused-ring (bicyclic) bond motifs is 1. The van der Waals surface area contributed by atoms with E-state index in [4.69, 9.17) is 5.11 Å². The first-order valence-electron chi connectivity index (χ1n) is 12.6.